The maximum absolute atomic E-state index is 12.2. The van der Waals surface area contributed by atoms with E-state index in [1.165, 1.54) is 22.7 Å². The lowest BCUT2D eigenvalue weighted by Crippen LogP contribution is -2.24. The van der Waals surface area contributed by atoms with E-state index in [2.05, 4.69) is 20.6 Å². The van der Waals surface area contributed by atoms with Crippen LogP contribution in [-0.4, -0.2) is 21.8 Å². The van der Waals surface area contributed by atoms with Crippen molar-refractivity contribution in [1.82, 2.24) is 15.3 Å². The van der Waals surface area contributed by atoms with Gasteiger partial charge in [-0.1, -0.05) is 12.1 Å². The van der Waals surface area contributed by atoms with Crippen molar-refractivity contribution >= 4 is 40.2 Å². The summed E-state index contributed by atoms with van der Waals surface area (Å²) in [5, 5.41) is 11.5. The smallest absolute Gasteiger partial charge is 0.230 e. The Morgan fingerprint density at radius 3 is 2.19 bits per heavy atom. The van der Waals surface area contributed by atoms with E-state index >= 15 is 0 Å². The average Bonchev–Trinajstić information content (AvgIpc) is 3.21. The minimum absolute atomic E-state index is 0.0753. The van der Waals surface area contributed by atoms with Crippen LogP contribution in [0.5, 0.6) is 0 Å². The van der Waals surface area contributed by atoms with Crippen LogP contribution in [0.3, 0.4) is 0 Å². The molecule has 0 saturated heterocycles. The summed E-state index contributed by atoms with van der Waals surface area (Å²) in [5.74, 6) is -0.186. The van der Waals surface area contributed by atoms with E-state index in [-0.39, 0.29) is 24.7 Å². The van der Waals surface area contributed by atoms with Gasteiger partial charge in [0.05, 0.1) is 34.2 Å². The van der Waals surface area contributed by atoms with Crippen molar-refractivity contribution in [3.63, 3.8) is 0 Å². The van der Waals surface area contributed by atoms with Gasteiger partial charge in [0.25, 0.3) is 0 Å². The molecule has 2 N–H and O–H groups in total. The zero-order valence-electron chi connectivity index (χ0n) is 15.1. The fourth-order valence-electron chi connectivity index (χ4n) is 2.54. The molecule has 0 spiro atoms. The Bertz CT molecular complexity index is 949. The van der Waals surface area contributed by atoms with E-state index in [9.17, 15) is 9.59 Å². The van der Waals surface area contributed by atoms with Crippen molar-refractivity contribution in [2.24, 2.45) is 0 Å². The first-order chi connectivity index (χ1) is 13.0. The highest BCUT2D eigenvalue weighted by atomic mass is 32.1. The third-order valence-electron chi connectivity index (χ3n) is 3.72. The van der Waals surface area contributed by atoms with Gasteiger partial charge in [0.1, 0.15) is 0 Å². The average molecular weight is 401 g/mol. The fraction of sp³-hybridized carbons (Fsp3) is 0.263. The molecule has 0 unspecified atom stereocenters. The molecule has 3 aromatic rings. The van der Waals surface area contributed by atoms with Crippen LogP contribution >= 0.6 is 22.7 Å². The second kappa shape index (κ2) is 8.88. The fourth-order valence-corrected chi connectivity index (χ4v) is 3.76. The third-order valence-corrected chi connectivity index (χ3v) is 5.36. The molecule has 0 bridgehead atoms. The number of thiazole rings is 2. The van der Waals surface area contributed by atoms with Crippen LogP contribution in [0.1, 0.15) is 27.0 Å². The molecule has 2 heterocycles. The summed E-state index contributed by atoms with van der Waals surface area (Å²) in [4.78, 5) is 32.8. The number of aryl methyl sites for hydroxylation is 2. The Kier molecular flexibility index (Phi) is 6.31. The van der Waals surface area contributed by atoms with Gasteiger partial charge in [-0.15, -0.1) is 22.7 Å². The van der Waals surface area contributed by atoms with Gasteiger partial charge in [-0.2, -0.15) is 0 Å². The molecule has 6 nitrogen and oxygen atoms in total. The second-order valence-corrected chi connectivity index (χ2v) is 8.22. The lowest BCUT2D eigenvalue weighted by molar-refractivity contribution is -0.120. The number of nitrogens with one attached hydrogen (secondary N) is 2. The van der Waals surface area contributed by atoms with Crippen molar-refractivity contribution in [2.45, 2.75) is 33.2 Å². The van der Waals surface area contributed by atoms with E-state index in [1.807, 2.05) is 48.9 Å². The maximum atomic E-state index is 12.2. The van der Waals surface area contributed by atoms with Gasteiger partial charge < -0.3 is 10.6 Å². The number of amides is 2. The van der Waals surface area contributed by atoms with Crippen LogP contribution in [-0.2, 0) is 29.0 Å². The Morgan fingerprint density at radius 2 is 1.59 bits per heavy atom. The molecule has 0 fully saturated rings. The first-order valence-electron chi connectivity index (χ1n) is 8.45. The molecule has 0 aliphatic heterocycles. The molecule has 0 aliphatic rings. The summed E-state index contributed by atoms with van der Waals surface area (Å²) in [5.41, 5.74) is 3.18. The quantitative estimate of drug-likeness (QED) is 0.638. The molecule has 27 heavy (non-hydrogen) atoms. The standard InChI is InChI=1S/C19H20N4O2S2/c1-12-21-16(10-26-12)7-18(24)20-9-14-4-3-5-15(6-14)23-19(25)8-17-11-27-13(2)22-17/h3-6,10-11H,7-9H2,1-2H3,(H,20,24)(H,23,25). The Balaban J connectivity index is 1.50. The van der Waals surface area contributed by atoms with Crippen molar-refractivity contribution in [3.8, 4) is 0 Å². The molecule has 140 valence electrons. The van der Waals surface area contributed by atoms with Crippen molar-refractivity contribution in [3.05, 3.63) is 62.0 Å². The van der Waals surface area contributed by atoms with Crippen molar-refractivity contribution in [2.75, 3.05) is 5.32 Å². The monoisotopic (exact) mass is 400 g/mol. The molecular weight excluding hydrogens is 380 g/mol. The summed E-state index contributed by atoms with van der Waals surface area (Å²) < 4.78 is 0. The lowest BCUT2D eigenvalue weighted by atomic mass is 10.2. The number of rotatable bonds is 7. The molecule has 1 aromatic carbocycles. The van der Waals surface area contributed by atoms with Gasteiger partial charge in [-0.05, 0) is 31.5 Å². The first kappa shape index (κ1) is 19.2. The summed E-state index contributed by atoms with van der Waals surface area (Å²) in [6.45, 7) is 4.23. The van der Waals surface area contributed by atoms with Crippen LogP contribution in [0.4, 0.5) is 5.69 Å². The van der Waals surface area contributed by atoms with E-state index in [1.54, 1.807) is 0 Å². The summed E-state index contributed by atoms with van der Waals surface area (Å²) in [7, 11) is 0. The summed E-state index contributed by atoms with van der Waals surface area (Å²) in [6, 6.07) is 7.45. The number of aromatic nitrogens is 2. The van der Waals surface area contributed by atoms with Crippen LogP contribution in [0.25, 0.3) is 0 Å². The second-order valence-electron chi connectivity index (χ2n) is 6.09. The maximum Gasteiger partial charge on any atom is 0.230 e. The molecule has 8 heteroatoms. The van der Waals surface area contributed by atoms with Crippen LogP contribution in [0.2, 0.25) is 0 Å². The number of hydrogen-bond acceptors (Lipinski definition) is 6. The number of hydrogen-bond donors (Lipinski definition) is 2. The highest BCUT2D eigenvalue weighted by Gasteiger charge is 2.09. The van der Waals surface area contributed by atoms with Gasteiger partial charge in [0.2, 0.25) is 11.8 Å². The molecule has 2 aromatic heterocycles. The third kappa shape index (κ3) is 5.97. The summed E-state index contributed by atoms with van der Waals surface area (Å²) >= 11 is 3.07. The number of benzene rings is 1. The van der Waals surface area contributed by atoms with Gasteiger partial charge in [-0.25, -0.2) is 9.97 Å². The Morgan fingerprint density at radius 1 is 0.963 bits per heavy atom. The molecule has 0 saturated carbocycles. The number of carbonyl (C=O) groups excluding carboxylic acids is 2. The highest BCUT2D eigenvalue weighted by Crippen LogP contribution is 2.13. The van der Waals surface area contributed by atoms with E-state index in [4.69, 9.17) is 0 Å². The Labute approximate surface area is 165 Å². The predicted molar refractivity (Wildman–Crippen MR) is 108 cm³/mol. The lowest BCUT2D eigenvalue weighted by Gasteiger charge is -2.08. The van der Waals surface area contributed by atoms with Crippen LogP contribution in [0.15, 0.2) is 35.0 Å². The van der Waals surface area contributed by atoms with Gasteiger partial charge in [-0.3, -0.25) is 9.59 Å². The minimum atomic E-state index is -0.111. The van der Waals surface area contributed by atoms with Crippen molar-refractivity contribution < 1.29 is 9.59 Å². The number of nitrogens with zero attached hydrogens (tertiary/aromatic N) is 2. The first-order valence-corrected chi connectivity index (χ1v) is 10.2. The topological polar surface area (TPSA) is 84.0 Å². The number of anilines is 1. The van der Waals surface area contributed by atoms with Gasteiger partial charge in [0, 0.05) is 23.0 Å². The molecule has 0 aliphatic carbocycles. The molecular formula is C19H20N4O2S2. The zero-order valence-corrected chi connectivity index (χ0v) is 16.7. The van der Waals surface area contributed by atoms with Crippen LogP contribution < -0.4 is 10.6 Å². The summed E-state index contributed by atoms with van der Waals surface area (Å²) in [6.07, 6.45) is 0.520. The van der Waals surface area contributed by atoms with E-state index in [0.717, 1.165) is 27.0 Å². The zero-order chi connectivity index (χ0) is 19.2. The van der Waals surface area contributed by atoms with E-state index in [0.29, 0.717) is 12.2 Å². The molecule has 0 atom stereocenters. The van der Waals surface area contributed by atoms with E-state index < -0.39 is 0 Å². The minimum Gasteiger partial charge on any atom is -0.352 e. The normalized spacial score (nSPS) is 10.6. The molecule has 3 rings (SSSR count). The van der Waals surface area contributed by atoms with Gasteiger partial charge >= 0.3 is 0 Å². The Hall–Kier alpha value is -2.58. The van der Waals surface area contributed by atoms with Crippen molar-refractivity contribution in [1.29, 1.82) is 0 Å². The predicted octanol–water partition coefficient (Wildman–Crippen LogP) is 3.26. The largest absolute Gasteiger partial charge is 0.352 e. The SMILES string of the molecule is Cc1nc(CC(=O)NCc2cccc(NC(=O)Cc3csc(C)n3)c2)cs1. The van der Waals surface area contributed by atoms with Crippen LogP contribution in [0, 0.1) is 13.8 Å². The number of carbonyl (C=O) groups is 2. The van der Waals surface area contributed by atoms with Gasteiger partial charge in [0.15, 0.2) is 0 Å². The molecule has 2 amide bonds. The highest BCUT2D eigenvalue weighted by molar-refractivity contribution is 7.09. The molecule has 0 radical (unpaired) electrons.